The van der Waals surface area contributed by atoms with E-state index >= 15 is 0 Å². The molecule has 2 rings (SSSR count). The van der Waals surface area contributed by atoms with Crippen molar-refractivity contribution in [2.45, 2.75) is 19.9 Å². The average Bonchev–Trinajstić information content (AvgIpc) is 2.49. The maximum Gasteiger partial charge on any atom is 0.223 e. The van der Waals surface area contributed by atoms with Gasteiger partial charge in [0.2, 0.25) is 5.95 Å². The Hall–Kier alpha value is -1.16. The Labute approximate surface area is 80.8 Å². The number of hydrogen-bond donors (Lipinski definition) is 1. The number of hydrogen-bond acceptors (Lipinski definition) is 4. The Morgan fingerprint density at radius 1 is 1.46 bits per heavy atom. The smallest absolute Gasteiger partial charge is 0.223 e. The third-order valence-corrected chi connectivity index (χ3v) is 2.46. The summed E-state index contributed by atoms with van der Waals surface area (Å²) in [7, 11) is 0. The van der Waals surface area contributed by atoms with Gasteiger partial charge in [-0.15, -0.1) is 11.3 Å². The topological polar surface area (TPSA) is 37.8 Å². The Balaban J connectivity index is 2.37. The molecule has 3 nitrogen and oxygen atoms in total. The summed E-state index contributed by atoms with van der Waals surface area (Å²) >= 11 is 1.66. The van der Waals surface area contributed by atoms with Gasteiger partial charge in [0.25, 0.3) is 0 Å². The highest BCUT2D eigenvalue weighted by Gasteiger charge is 2.01. The molecule has 0 saturated heterocycles. The fourth-order valence-corrected chi connectivity index (χ4v) is 1.79. The van der Waals surface area contributed by atoms with Gasteiger partial charge in [-0.05, 0) is 25.3 Å². The summed E-state index contributed by atoms with van der Waals surface area (Å²) in [5, 5.41) is 5.20. The first-order valence-electron chi connectivity index (χ1n) is 4.22. The number of thiophene rings is 1. The molecule has 0 atom stereocenters. The van der Waals surface area contributed by atoms with Crippen molar-refractivity contribution >= 4 is 27.5 Å². The van der Waals surface area contributed by atoms with Crippen molar-refractivity contribution in [1.82, 2.24) is 9.97 Å². The molecular formula is C9H11N3S. The van der Waals surface area contributed by atoms with Crippen molar-refractivity contribution in [3.8, 4) is 0 Å². The molecule has 13 heavy (non-hydrogen) atoms. The van der Waals surface area contributed by atoms with E-state index in [0.717, 1.165) is 10.2 Å². The van der Waals surface area contributed by atoms with E-state index < -0.39 is 0 Å². The van der Waals surface area contributed by atoms with Gasteiger partial charge in [-0.1, -0.05) is 0 Å². The molecule has 0 spiro atoms. The van der Waals surface area contributed by atoms with Gasteiger partial charge in [0.05, 0.1) is 16.4 Å². The highest BCUT2D eigenvalue weighted by atomic mass is 32.1. The first kappa shape index (κ1) is 8.44. The zero-order chi connectivity index (χ0) is 9.26. The normalized spacial score (nSPS) is 11.0. The SMILES string of the molecule is CC(C)Nc1ncc2sccc2n1. The molecule has 0 unspecified atom stereocenters. The number of rotatable bonds is 2. The van der Waals surface area contributed by atoms with Crippen LogP contribution in [0.25, 0.3) is 10.2 Å². The number of fused-ring (bicyclic) bond motifs is 1. The summed E-state index contributed by atoms with van der Waals surface area (Å²) in [5.74, 6) is 0.709. The van der Waals surface area contributed by atoms with Crippen LogP contribution in [-0.4, -0.2) is 16.0 Å². The van der Waals surface area contributed by atoms with Crippen molar-refractivity contribution in [3.63, 3.8) is 0 Å². The molecule has 2 heterocycles. The van der Waals surface area contributed by atoms with E-state index in [1.807, 2.05) is 17.6 Å². The second-order valence-electron chi connectivity index (χ2n) is 3.16. The van der Waals surface area contributed by atoms with Crippen molar-refractivity contribution in [2.75, 3.05) is 5.32 Å². The lowest BCUT2D eigenvalue weighted by atomic mass is 10.4. The highest BCUT2D eigenvalue weighted by molar-refractivity contribution is 7.17. The van der Waals surface area contributed by atoms with Crippen LogP contribution in [0.4, 0.5) is 5.95 Å². The van der Waals surface area contributed by atoms with E-state index in [1.165, 1.54) is 0 Å². The molecule has 0 radical (unpaired) electrons. The van der Waals surface area contributed by atoms with Crippen molar-refractivity contribution < 1.29 is 0 Å². The number of aromatic nitrogens is 2. The molecule has 0 bridgehead atoms. The van der Waals surface area contributed by atoms with Crippen LogP contribution in [0.15, 0.2) is 17.6 Å². The van der Waals surface area contributed by atoms with Gasteiger partial charge in [0.1, 0.15) is 0 Å². The summed E-state index contributed by atoms with van der Waals surface area (Å²) in [6.45, 7) is 4.14. The van der Waals surface area contributed by atoms with E-state index in [-0.39, 0.29) is 0 Å². The molecule has 0 aliphatic heterocycles. The van der Waals surface area contributed by atoms with Gasteiger partial charge in [-0.3, -0.25) is 0 Å². The van der Waals surface area contributed by atoms with Crippen LogP contribution in [-0.2, 0) is 0 Å². The Kier molecular flexibility index (Phi) is 2.14. The lowest BCUT2D eigenvalue weighted by molar-refractivity contribution is 0.878. The minimum atomic E-state index is 0.371. The third kappa shape index (κ3) is 1.78. The van der Waals surface area contributed by atoms with Gasteiger partial charge < -0.3 is 5.32 Å². The van der Waals surface area contributed by atoms with E-state index in [1.54, 1.807) is 11.3 Å². The van der Waals surface area contributed by atoms with E-state index in [4.69, 9.17) is 0 Å². The summed E-state index contributed by atoms with van der Waals surface area (Å²) in [6, 6.07) is 2.38. The average molecular weight is 193 g/mol. The molecule has 2 aromatic rings. The van der Waals surface area contributed by atoms with E-state index in [9.17, 15) is 0 Å². The number of anilines is 1. The molecule has 0 aliphatic rings. The second-order valence-corrected chi connectivity index (χ2v) is 4.11. The van der Waals surface area contributed by atoms with Crippen LogP contribution in [0, 0.1) is 0 Å². The van der Waals surface area contributed by atoms with Crippen molar-refractivity contribution in [3.05, 3.63) is 17.6 Å². The van der Waals surface area contributed by atoms with Crippen LogP contribution >= 0.6 is 11.3 Å². The van der Waals surface area contributed by atoms with Crippen LogP contribution in [0.2, 0.25) is 0 Å². The van der Waals surface area contributed by atoms with Crippen LogP contribution in [0.3, 0.4) is 0 Å². The first-order chi connectivity index (χ1) is 6.25. The zero-order valence-corrected chi connectivity index (χ0v) is 8.43. The van der Waals surface area contributed by atoms with Gasteiger partial charge >= 0.3 is 0 Å². The third-order valence-electron chi connectivity index (χ3n) is 1.62. The molecule has 1 N–H and O–H groups in total. The lowest BCUT2D eigenvalue weighted by Gasteiger charge is -2.06. The monoisotopic (exact) mass is 193 g/mol. The fraction of sp³-hybridized carbons (Fsp3) is 0.333. The first-order valence-corrected chi connectivity index (χ1v) is 5.10. The standard InChI is InChI=1S/C9H11N3S/c1-6(2)11-9-10-5-8-7(12-9)3-4-13-8/h3-6H,1-2H3,(H,10,11,12). The van der Waals surface area contributed by atoms with E-state index in [2.05, 4.69) is 29.1 Å². The van der Waals surface area contributed by atoms with Gasteiger partial charge in [-0.25, -0.2) is 9.97 Å². The predicted octanol–water partition coefficient (Wildman–Crippen LogP) is 2.51. The molecule has 0 aliphatic carbocycles. The molecule has 68 valence electrons. The van der Waals surface area contributed by atoms with Crippen molar-refractivity contribution in [2.24, 2.45) is 0 Å². The van der Waals surface area contributed by atoms with Gasteiger partial charge in [0, 0.05) is 6.04 Å². The summed E-state index contributed by atoms with van der Waals surface area (Å²) < 4.78 is 1.13. The van der Waals surface area contributed by atoms with E-state index in [0.29, 0.717) is 12.0 Å². The number of nitrogens with one attached hydrogen (secondary N) is 1. The minimum absolute atomic E-state index is 0.371. The molecule has 0 amide bonds. The summed E-state index contributed by atoms with van der Waals surface area (Å²) in [4.78, 5) is 8.57. The molecule has 0 fully saturated rings. The van der Waals surface area contributed by atoms with Crippen LogP contribution in [0.1, 0.15) is 13.8 Å². The summed E-state index contributed by atoms with van der Waals surface area (Å²) in [5.41, 5.74) is 1.02. The Bertz CT molecular complexity index is 408. The fourth-order valence-electron chi connectivity index (χ4n) is 1.09. The lowest BCUT2D eigenvalue weighted by Crippen LogP contribution is -2.12. The summed E-state index contributed by atoms with van der Waals surface area (Å²) in [6.07, 6.45) is 1.86. The predicted molar refractivity (Wildman–Crippen MR) is 56.2 cm³/mol. The van der Waals surface area contributed by atoms with Crippen molar-refractivity contribution in [1.29, 1.82) is 0 Å². The molecule has 4 heteroatoms. The maximum absolute atomic E-state index is 4.36. The molecule has 0 saturated carbocycles. The Morgan fingerprint density at radius 3 is 3.08 bits per heavy atom. The maximum atomic E-state index is 4.36. The number of nitrogens with zero attached hydrogens (tertiary/aromatic N) is 2. The molecule has 2 aromatic heterocycles. The quantitative estimate of drug-likeness (QED) is 0.796. The highest BCUT2D eigenvalue weighted by Crippen LogP contribution is 2.18. The van der Waals surface area contributed by atoms with Crippen LogP contribution < -0.4 is 5.32 Å². The minimum Gasteiger partial charge on any atom is -0.352 e. The van der Waals surface area contributed by atoms with Gasteiger partial charge in [-0.2, -0.15) is 0 Å². The second kappa shape index (κ2) is 3.30. The molecule has 0 aromatic carbocycles. The van der Waals surface area contributed by atoms with Crippen LogP contribution in [0.5, 0.6) is 0 Å². The zero-order valence-electron chi connectivity index (χ0n) is 7.61. The van der Waals surface area contributed by atoms with Gasteiger partial charge in [0.15, 0.2) is 0 Å². The largest absolute Gasteiger partial charge is 0.352 e. The molecular weight excluding hydrogens is 182 g/mol. The Morgan fingerprint density at radius 2 is 2.31 bits per heavy atom.